The number of guanidine groups is 1. The molecule has 1 unspecified atom stereocenters. The third-order valence-corrected chi connectivity index (χ3v) is 5.30. The van der Waals surface area contributed by atoms with Crippen LogP contribution in [0.4, 0.5) is 0 Å². The summed E-state index contributed by atoms with van der Waals surface area (Å²) < 4.78 is 16.9. The highest BCUT2D eigenvalue weighted by Gasteiger charge is 2.23. The molecular formula is C23H40N4O3. The van der Waals surface area contributed by atoms with Crippen molar-refractivity contribution in [2.24, 2.45) is 10.9 Å². The molecule has 0 saturated carbocycles. The van der Waals surface area contributed by atoms with Crippen molar-refractivity contribution in [2.45, 2.75) is 40.2 Å². The zero-order chi connectivity index (χ0) is 21.8. The number of nitrogens with zero attached hydrogens (tertiary/aromatic N) is 2. The monoisotopic (exact) mass is 420 g/mol. The fourth-order valence-corrected chi connectivity index (χ4v) is 3.69. The van der Waals surface area contributed by atoms with Gasteiger partial charge in [0.2, 0.25) is 0 Å². The first-order valence-electron chi connectivity index (χ1n) is 11.2. The van der Waals surface area contributed by atoms with Gasteiger partial charge in [-0.15, -0.1) is 0 Å². The van der Waals surface area contributed by atoms with Crippen LogP contribution in [0.2, 0.25) is 0 Å². The quantitative estimate of drug-likeness (QED) is 0.424. The van der Waals surface area contributed by atoms with Gasteiger partial charge in [0.25, 0.3) is 0 Å². The summed E-state index contributed by atoms with van der Waals surface area (Å²) in [4.78, 5) is 6.91. The first kappa shape index (κ1) is 24.3. The molecule has 0 aliphatic carbocycles. The molecule has 1 aliphatic heterocycles. The molecule has 0 amide bonds. The van der Waals surface area contributed by atoms with E-state index in [-0.39, 0.29) is 0 Å². The Morgan fingerprint density at radius 2 is 1.80 bits per heavy atom. The maximum absolute atomic E-state index is 5.73. The van der Waals surface area contributed by atoms with Gasteiger partial charge < -0.3 is 24.8 Å². The van der Waals surface area contributed by atoms with Gasteiger partial charge in [0.1, 0.15) is 0 Å². The first-order chi connectivity index (χ1) is 14.6. The van der Waals surface area contributed by atoms with Gasteiger partial charge in [-0.05, 0) is 43.9 Å². The molecule has 7 heteroatoms. The molecule has 1 saturated heterocycles. The van der Waals surface area contributed by atoms with Gasteiger partial charge in [0.15, 0.2) is 17.5 Å². The molecule has 1 aromatic rings. The normalized spacial score (nSPS) is 16.4. The van der Waals surface area contributed by atoms with Gasteiger partial charge in [-0.2, -0.15) is 0 Å². The minimum Gasteiger partial charge on any atom is -0.490 e. The number of benzene rings is 1. The lowest BCUT2D eigenvalue weighted by molar-refractivity contribution is 0.00752. The molecule has 0 bridgehead atoms. The van der Waals surface area contributed by atoms with Crippen molar-refractivity contribution in [2.75, 3.05) is 59.7 Å². The molecule has 170 valence electrons. The summed E-state index contributed by atoms with van der Waals surface area (Å²) in [5, 5.41) is 6.93. The van der Waals surface area contributed by atoms with E-state index in [0.717, 1.165) is 63.3 Å². The van der Waals surface area contributed by atoms with Gasteiger partial charge in [-0.3, -0.25) is 9.89 Å². The van der Waals surface area contributed by atoms with Crippen LogP contribution < -0.4 is 20.1 Å². The van der Waals surface area contributed by atoms with Crippen LogP contribution in [0.3, 0.4) is 0 Å². The van der Waals surface area contributed by atoms with Crippen molar-refractivity contribution in [1.82, 2.24) is 15.5 Å². The number of aliphatic imine (C=N–C) groups is 1. The molecule has 1 atom stereocenters. The maximum Gasteiger partial charge on any atom is 0.191 e. The van der Waals surface area contributed by atoms with Crippen LogP contribution in [0.15, 0.2) is 23.2 Å². The maximum atomic E-state index is 5.73. The predicted molar refractivity (Wildman–Crippen MR) is 123 cm³/mol. The molecule has 1 aliphatic rings. The summed E-state index contributed by atoms with van der Waals surface area (Å²) in [5.74, 6) is 3.01. The predicted octanol–water partition coefficient (Wildman–Crippen LogP) is 2.55. The number of morpholine rings is 1. The lowest BCUT2D eigenvalue weighted by Gasteiger charge is -2.37. The van der Waals surface area contributed by atoms with Crippen molar-refractivity contribution in [3.05, 3.63) is 23.8 Å². The molecule has 1 aromatic carbocycles. The van der Waals surface area contributed by atoms with Crippen LogP contribution in [0.1, 0.15) is 33.3 Å². The Bertz CT molecular complexity index is 645. The van der Waals surface area contributed by atoms with E-state index in [0.29, 0.717) is 25.2 Å². The van der Waals surface area contributed by atoms with Crippen molar-refractivity contribution < 1.29 is 14.2 Å². The molecule has 2 rings (SSSR count). The molecule has 2 N–H and O–H groups in total. The minimum atomic E-state index is 0.465. The molecule has 0 spiro atoms. The van der Waals surface area contributed by atoms with E-state index in [1.54, 1.807) is 0 Å². The van der Waals surface area contributed by atoms with Crippen LogP contribution >= 0.6 is 0 Å². The summed E-state index contributed by atoms with van der Waals surface area (Å²) >= 11 is 0. The van der Waals surface area contributed by atoms with Gasteiger partial charge in [-0.1, -0.05) is 19.9 Å². The van der Waals surface area contributed by atoms with Crippen LogP contribution in [0.5, 0.6) is 11.5 Å². The Labute approximate surface area is 182 Å². The molecule has 0 radical (unpaired) electrons. The second-order valence-electron chi connectivity index (χ2n) is 7.74. The zero-order valence-corrected chi connectivity index (χ0v) is 19.4. The summed E-state index contributed by atoms with van der Waals surface area (Å²) in [5.41, 5.74) is 1.21. The second kappa shape index (κ2) is 13.3. The Balaban J connectivity index is 1.84. The Morgan fingerprint density at radius 1 is 1.10 bits per heavy atom. The molecule has 1 heterocycles. The highest BCUT2D eigenvalue weighted by Crippen LogP contribution is 2.28. The lowest BCUT2D eigenvalue weighted by Crippen LogP contribution is -2.52. The van der Waals surface area contributed by atoms with Gasteiger partial charge in [0.05, 0.1) is 26.4 Å². The SMILES string of the molecule is CCOc1ccc(CCNC(=NC)NCC(C(C)C)N2CCOCC2)cc1OCC. The Hall–Kier alpha value is -1.99. The van der Waals surface area contributed by atoms with Gasteiger partial charge >= 0.3 is 0 Å². The number of nitrogens with one attached hydrogen (secondary N) is 2. The highest BCUT2D eigenvalue weighted by atomic mass is 16.5. The number of ether oxygens (including phenoxy) is 3. The average molecular weight is 421 g/mol. The van der Waals surface area contributed by atoms with E-state index in [2.05, 4.69) is 46.5 Å². The largest absolute Gasteiger partial charge is 0.490 e. The fraction of sp³-hybridized carbons (Fsp3) is 0.696. The third-order valence-electron chi connectivity index (χ3n) is 5.30. The van der Waals surface area contributed by atoms with Crippen molar-refractivity contribution in [3.8, 4) is 11.5 Å². The summed E-state index contributed by atoms with van der Waals surface area (Å²) in [6.07, 6.45) is 0.879. The van der Waals surface area contributed by atoms with Crippen LogP contribution in [0.25, 0.3) is 0 Å². The van der Waals surface area contributed by atoms with E-state index in [1.165, 1.54) is 5.56 Å². The van der Waals surface area contributed by atoms with Crippen molar-refractivity contribution in [3.63, 3.8) is 0 Å². The van der Waals surface area contributed by atoms with E-state index >= 15 is 0 Å². The Kier molecular flexibility index (Phi) is 10.8. The topological polar surface area (TPSA) is 67.4 Å². The zero-order valence-electron chi connectivity index (χ0n) is 19.4. The highest BCUT2D eigenvalue weighted by molar-refractivity contribution is 5.79. The molecule has 7 nitrogen and oxygen atoms in total. The van der Waals surface area contributed by atoms with E-state index in [1.807, 2.05) is 27.0 Å². The lowest BCUT2D eigenvalue weighted by atomic mass is 10.0. The van der Waals surface area contributed by atoms with Crippen molar-refractivity contribution >= 4 is 5.96 Å². The molecular weight excluding hydrogens is 380 g/mol. The number of rotatable bonds is 11. The smallest absolute Gasteiger partial charge is 0.191 e. The van der Waals surface area contributed by atoms with Gasteiger partial charge in [0, 0.05) is 39.3 Å². The van der Waals surface area contributed by atoms with E-state index in [4.69, 9.17) is 14.2 Å². The summed E-state index contributed by atoms with van der Waals surface area (Å²) in [7, 11) is 1.82. The third kappa shape index (κ3) is 7.69. The second-order valence-corrected chi connectivity index (χ2v) is 7.74. The number of hydrogen-bond acceptors (Lipinski definition) is 5. The fourth-order valence-electron chi connectivity index (χ4n) is 3.69. The first-order valence-corrected chi connectivity index (χ1v) is 11.2. The average Bonchev–Trinajstić information content (AvgIpc) is 2.75. The molecule has 30 heavy (non-hydrogen) atoms. The Morgan fingerprint density at radius 3 is 2.43 bits per heavy atom. The van der Waals surface area contributed by atoms with Crippen LogP contribution in [0, 0.1) is 5.92 Å². The van der Waals surface area contributed by atoms with E-state index in [9.17, 15) is 0 Å². The van der Waals surface area contributed by atoms with Crippen LogP contribution in [-0.4, -0.2) is 76.6 Å². The van der Waals surface area contributed by atoms with Crippen LogP contribution in [-0.2, 0) is 11.2 Å². The number of hydrogen-bond donors (Lipinski definition) is 2. The summed E-state index contributed by atoms with van der Waals surface area (Å²) in [6, 6.07) is 6.62. The standard InChI is InChI=1S/C23H40N4O3/c1-6-29-21-9-8-19(16-22(21)30-7-2)10-11-25-23(24-5)26-17-20(18(3)4)27-12-14-28-15-13-27/h8-9,16,18,20H,6-7,10-15,17H2,1-5H3,(H2,24,25,26). The minimum absolute atomic E-state index is 0.465. The summed E-state index contributed by atoms with van der Waals surface area (Å²) in [6.45, 7) is 15.1. The molecule has 1 fully saturated rings. The van der Waals surface area contributed by atoms with Gasteiger partial charge in [-0.25, -0.2) is 0 Å². The van der Waals surface area contributed by atoms with E-state index < -0.39 is 0 Å². The van der Waals surface area contributed by atoms with Crippen molar-refractivity contribution in [1.29, 1.82) is 0 Å². The molecule has 0 aromatic heterocycles.